The van der Waals surface area contributed by atoms with Gasteiger partial charge in [-0.1, -0.05) is 12.1 Å². The zero-order valence-electron chi connectivity index (χ0n) is 19.3. The first kappa shape index (κ1) is 25.3. The Balaban J connectivity index is 1.40. The van der Waals surface area contributed by atoms with E-state index in [1.807, 2.05) is 0 Å². The van der Waals surface area contributed by atoms with Crippen molar-refractivity contribution in [1.82, 2.24) is 14.9 Å². The summed E-state index contributed by atoms with van der Waals surface area (Å²) in [5.74, 6) is 0.00781. The van der Waals surface area contributed by atoms with Gasteiger partial charge in [0.25, 0.3) is 0 Å². The molecule has 2 heterocycles. The predicted octanol–water partition coefficient (Wildman–Crippen LogP) is 3.45. The van der Waals surface area contributed by atoms with Crippen molar-refractivity contribution >= 4 is 17.9 Å². The molecule has 1 aliphatic carbocycles. The molecule has 1 aromatic heterocycles. The van der Waals surface area contributed by atoms with Crippen molar-refractivity contribution in [2.45, 2.75) is 50.5 Å². The molecule has 0 spiro atoms. The SMILES string of the molecule is NCC(C=O)N1CCC(CNc2ncnc(N(Cc3ccc(C(F)(F)F)cc3)C3CC3)c2F)CC1. The van der Waals surface area contributed by atoms with Gasteiger partial charge in [0.2, 0.25) is 5.82 Å². The maximum Gasteiger partial charge on any atom is 0.416 e. The van der Waals surface area contributed by atoms with Crippen LogP contribution in [0.25, 0.3) is 0 Å². The third-order valence-corrected chi connectivity index (χ3v) is 6.74. The quantitative estimate of drug-likeness (QED) is 0.386. The number of rotatable bonds is 10. The molecule has 3 N–H and O–H groups in total. The largest absolute Gasteiger partial charge is 0.416 e. The van der Waals surface area contributed by atoms with Crippen LogP contribution >= 0.6 is 0 Å². The van der Waals surface area contributed by atoms with E-state index in [-0.39, 0.29) is 30.3 Å². The highest BCUT2D eigenvalue weighted by Crippen LogP contribution is 2.35. The number of halogens is 4. The zero-order chi connectivity index (χ0) is 25.0. The number of likely N-dealkylation sites (tertiary alicyclic amines) is 1. The van der Waals surface area contributed by atoms with E-state index >= 15 is 4.39 Å². The molecule has 35 heavy (non-hydrogen) atoms. The second kappa shape index (κ2) is 10.9. The van der Waals surface area contributed by atoms with Crippen molar-refractivity contribution in [2.75, 3.05) is 36.4 Å². The number of benzene rings is 1. The smallest absolute Gasteiger partial charge is 0.367 e. The molecule has 2 fully saturated rings. The van der Waals surface area contributed by atoms with Crippen LogP contribution in [0.3, 0.4) is 0 Å². The number of aromatic nitrogens is 2. The summed E-state index contributed by atoms with van der Waals surface area (Å²) in [6, 6.07) is 4.75. The predicted molar refractivity (Wildman–Crippen MR) is 124 cm³/mol. The van der Waals surface area contributed by atoms with Crippen LogP contribution in [-0.4, -0.2) is 59.4 Å². The number of anilines is 2. The van der Waals surface area contributed by atoms with E-state index in [0.717, 1.165) is 57.2 Å². The van der Waals surface area contributed by atoms with Crippen molar-refractivity contribution in [3.63, 3.8) is 0 Å². The number of hydrogen-bond acceptors (Lipinski definition) is 7. The summed E-state index contributed by atoms with van der Waals surface area (Å²) in [4.78, 5) is 23.3. The van der Waals surface area contributed by atoms with Crippen LogP contribution in [0.4, 0.5) is 29.2 Å². The molecule has 1 atom stereocenters. The average Bonchev–Trinajstić information content (AvgIpc) is 3.69. The Morgan fingerprint density at radius 3 is 2.40 bits per heavy atom. The van der Waals surface area contributed by atoms with Crippen LogP contribution in [0, 0.1) is 11.7 Å². The highest BCUT2D eigenvalue weighted by atomic mass is 19.4. The molecule has 0 radical (unpaired) electrons. The lowest BCUT2D eigenvalue weighted by Gasteiger charge is -2.35. The molecule has 190 valence electrons. The molecule has 1 aliphatic heterocycles. The number of nitrogens with one attached hydrogen (secondary N) is 1. The van der Waals surface area contributed by atoms with Crippen LogP contribution in [0.5, 0.6) is 0 Å². The van der Waals surface area contributed by atoms with E-state index in [1.54, 1.807) is 4.90 Å². The highest BCUT2D eigenvalue weighted by Gasteiger charge is 2.34. The molecule has 1 aromatic carbocycles. The molecule has 2 aromatic rings. The summed E-state index contributed by atoms with van der Waals surface area (Å²) in [5.41, 5.74) is 5.58. The lowest BCUT2D eigenvalue weighted by Crippen LogP contribution is -2.46. The molecular weight excluding hydrogens is 464 g/mol. The maximum atomic E-state index is 15.4. The van der Waals surface area contributed by atoms with Crippen LogP contribution < -0.4 is 16.0 Å². The molecule has 1 saturated heterocycles. The topological polar surface area (TPSA) is 87.4 Å². The first-order chi connectivity index (χ1) is 16.8. The van der Waals surface area contributed by atoms with Gasteiger partial charge in [-0.15, -0.1) is 0 Å². The van der Waals surface area contributed by atoms with Crippen molar-refractivity contribution in [3.8, 4) is 0 Å². The van der Waals surface area contributed by atoms with Gasteiger partial charge in [-0.3, -0.25) is 4.90 Å². The van der Waals surface area contributed by atoms with Gasteiger partial charge in [0.05, 0.1) is 11.6 Å². The number of nitrogens with two attached hydrogens (primary N) is 1. The van der Waals surface area contributed by atoms with Gasteiger partial charge in [0, 0.05) is 25.7 Å². The third kappa shape index (κ3) is 6.26. The first-order valence-electron chi connectivity index (χ1n) is 11.9. The summed E-state index contributed by atoms with van der Waals surface area (Å²) >= 11 is 0. The van der Waals surface area contributed by atoms with Crippen molar-refractivity contribution in [1.29, 1.82) is 0 Å². The van der Waals surface area contributed by atoms with Gasteiger partial charge >= 0.3 is 6.18 Å². The van der Waals surface area contributed by atoms with E-state index in [0.29, 0.717) is 24.6 Å². The monoisotopic (exact) mass is 494 g/mol. The first-order valence-corrected chi connectivity index (χ1v) is 11.9. The summed E-state index contributed by atoms with van der Waals surface area (Å²) in [7, 11) is 0. The number of nitrogens with zero attached hydrogens (tertiary/aromatic N) is 4. The van der Waals surface area contributed by atoms with Crippen LogP contribution in [0.1, 0.15) is 36.8 Å². The third-order valence-electron chi connectivity index (χ3n) is 6.74. The molecule has 11 heteroatoms. The molecule has 1 saturated carbocycles. The number of hydrogen-bond donors (Lipinski definition) is 2. The number of carbonyl (C=O) groups excluding carboxylic acids is 1. The zero-order valence-corrected chi connectivity index (χ0v) is 19.3. The second-order valence-electron chi connectivity index (χ2n) is 9.21. The van der Waals surface area contributed by atoms with Crippen molar-refractivity contribution < 1.29 is 22.4 Å². The number of aldehydes is 1. The van der Waals surface area contributed by atoms with Crippen LogP contribution in [0.15, 0.2) is 30.6 Å². The standard InChI is InChI=1S/C24H30F4N6O/c25-21-22(30-12-16-7-9-33(10-8-16)20(11-29)14-35)31-15-32-23(21)34(19-5-6-19)13-17-1-3-18(4-2-17)24(26,27)28/h1-4,14-16,19-20H,5-13,29H2,(H,30,31,32). The van der Waals surface area contributed by atoms with Crippen LogP contribution in [-0.2, 0) is 17.5 Å². The van der Waals surface area contributed by atoms with Gasteiger partial charge in [0.1, 0.15) is 12.6 Å². The molecule has 0 bridgehead atoms. The average molecular weight is 495 g/mol. The molecule has 1 unspecified atom stereocenters. The van der Waals surface area contributed by atoms with E-state index in [4.69, 9.17) is 5.73 Å². The summed E-state index contributed by atoms with van der Waals surface area (Å²) in [5, 5.41) is 3.11. The molecule has 2 aliphatic rings. The van der Waals surface area contributed by atoms with Crippen LogP contribution in [0.2, 0.25) is 0 Å². The summed E-state index contributed by atoms with van der Waals surface area (Å²) in [6.45, 7) is 2.61. The van der Waals surface area contributed by atoms with E-state index < -0.39 is 17.6 Å². The van der Waals surface area contributed by atoms with E-state index in [2.05, 4.69) is 20.2 Å². The maximum absolute atomic E-state index is 15.4. The fraction of sp³-hybridized carbons (Fsp3) is 0.542. The van der Waals surface area contributed by atoms with E-state index in [9.17, 15) is 18.0 Å². The Labute approximate surface area is 201 Å². The van der Waals surface area contributed by atoms with Gasteiger partial charge in [0.15, 0.2) is 11.6 Å². The van der Waals surface area contributed by atoms with Gasteiger partial charge in [-0.2, -0.15) is 17.6 Å². The normalized spacial score (nSPS) is 18.3. The Morgan fingerprint density at radius 2 is 1.83 bits per heavy atom. The number of carbonyl (C=O) groups is 1. The fourth-order valence-electron chi connectivity index (χ4n) is 4.46. The molecule has 0 amide bonds. The van der Waals surface area contributed by atoms with Gasteiger partial charge in [-0.05, 0) is 62.4 Å². The molecular formula is C24H30F4N6O. The Bertz CT molecular complexity index is 990. The van der Waals surface area contributed by atoms with E-state index in [1.165, 1.54) is 18.5 Å². The fourth-order valence-corrected chi connectivity index (χ4v) is 4.46. The number of piperidine rings is 1. The van der Waals surface area contributed by atoms with Crippen molar-refractivity contribution in [3.05, 3.63) is 47.5 Å². The lowest BCUT2D eigenvalue weighted by atomic mass is 9.96. The molecule has 4 rings (SSSR count). The van der Waals surface area contributed by atoms with Gasteiger partial charge in [-0.25, -0.2) is 9.97 Å². The Kier molecular flexibility index (Phi) is 7.85. The summed E-state index contributed by atoms with van der Waals surface area (Å²) < 4.78 is 54.0. The van der Waals surface area contributed by atoms with Crippen molar-refractivity contribution in [2.24, 2.45) is 11.7 Å². The minimum Gasteiger partial charge on any atom is -0.367 e. The summed E-state index contributed by atoms with van der Waals surface area (Å²) in [6.07, 6.45) is 1.25. The minimum absolute atomic E-state index is 0.0900. The second-order valence-corrected chi connectivity index (χ2v) is 9.21. The number of alkyl halides is 3. The minimum atomic E-state index is -4.40. The Morgan fingerprint density at radius 1 is 1.14 bits per heavy atom. The van der Waals surface area contributed by atoms with Gasteiger partial charge < -0.3 is 20.7 Å². The highest BCUT2D eigenvalue weighted by molar-refractivity contribution is 5.58. The molecule has 7 nitrogen and oxygen atoms in total. The Hall–Kier alpha value is -2.79. The lowest BCUT2D eigenvalue weighted by molar-refractivity contribution is -0.137.